The second-order valence-corrected chi connectivity index (χ2v) is 9.15. The summed E-state index contributed by atoms with van der Waals surface area (Å²) in [5.41, 5.74) is 2.23. The van der Waals surface area contributed by atoms with Crippen molar-refractivity contribution in [3.05, 3.63) is 58.1 Å². The summed E-state index contributed by atoms with van der Waals surface area (Å²) in [6.07, 6.45) is 2.38. The molecular weight excluding hydrogens is 458 g/mol. The Kier molecular flexibility index (Phi) is 7.37. The molecular formula is C21H22BrNO3S2. The van der Waals surface area contributed by atoms with Gasteiger partial charge in [-0.1, -0.05) is 54.3 Å². The van der Waals surface area contributed by atoms with Gasteiger partial charge in [-0.05, 0) is 52.4 Å². The second-order valence-electron chi connectivity index (χ2n) is 6.45. The number of hydrogen-bond donors (Lipinski definition) is 0. The minimum Gasteiger partial charge on any atom is -0.496 e. The van der Waals surface area contributed by atoms with Crippen molar-refractivity contribution in [3.8, 4) is 11.5 Å². The van der Waals surface area contributed by atoms with Gasteiger partial charge in [-0.25, -0.2) is 0 Å². The van der Waals surface area contributed by atoms with Crippen LogP contribution in [0.1, 0.15) is 17.5 Å². The van der Waals surface area contributed by atoms with Gasteiger partial charge in [0.2, 0.25) is 5.91 Å². The van der Waals surface area contributed by atoms with Gasteiger partial charge >= 0.3 is 0 Å². The Bertz CT molecular complexity index is 860. The summed E-state index contributed by atoms with van der Waals surface area (Å²) < 4.78 is 12.3. The van der Waals surface area contributed by atoms with Gasteiger partial charge in [-0.15, -0.1) is 0 Å². The third kappa shape index (κ3) is 4.88. The van der Waals surface area contributed by atoms with Crippen LogP contribution in [0, 0.1) is 0 Å². The van der Waals surface area contributed by atoms with E-state index in [9.17, 15) is 4.79 Å². The average molecular weight is 480 g/mol. The molecule has 1 atom stereocenters. The number of thiocarbonyl (C=S) groups is 1. The lowest BCUT2D eigenvalue weighted by atomic mass is 10.1. The lowest BCUT2D eigenvalue weighted by molar-refractivity contribution is -0.126. The molecule has 0 bridgehead atoms. The van der Waals surface area contributed by atoms with Gasteiger partial charge in [0.15, 0.2) is 0 Å². The van der Waals surface area contributed by atoms with E-state index in [4.69, 9.17) is 21.7 Å². The summed E-state index contributed by atoms with van der Waals surface area (Å²) >= 11 is 10.4. The van der Waals surface area contributed by atoms with Crippen LogP contribution in [0.25, 0.3) is 0 Å². The molecule has 3 rings (SSSR count). The van der Waals surface area contributed by atoms with Gasteiger partial charge in [-0.3, -0.25) is 9.69 Å². The Labute approximate surface area is 183 Å². The fourth-order valence-corrected chi connectivity index (χ4v) is 5.32. The van der Waals surface area contributed by atoms with Gasteiger partial charge in [0, 0.05) is 12.6 Å². The van der Waals surface area contributed by atoms with Crippen LogP contribution >= 0.6 is 39.9 Å². The Morgan fingerprint density at radius 3 is 2.54 bits per heavy atom. The molecule has 1 saturated heterocycles. The first-order chi connectivity index (χ1) is 13.5. The number of carbonyl (C=O) groups is 1. The summed E-state index contributed by atoms with van der Waals surface area (Å²) in [6, 6.07) is 14.1. The van der Waals surface area contributed by atoms with Crippen LogP contribution in [0.15, 0.2) is 46.9 Å². The Hall–Kier alpha value is -1.57. The largest absolute Gasteiger partial charge is 0.496 e. The number of aryl methyl sites for hydroxylation is 1. The van der Waals surface area contributed by atoms with Crippen molar-refractivity contribution in [2.24, 2.45) is 0 Å². The molecule has 148 valence electrons. The first-order valence-electron chi connectivity index (χ1n) is 8.99. The summed E-state index contributed by atoms with van der Waals surface area (Å²) in [6.45, 7) is 0.652. The molecule has 0 N–H and O–H groups in total. The van der Waals surface area contributed by atoms with Crippen LogP contribution in [-0.2, 0) is 17.6 Å². The fourth-order valence-electron chi connectivity index (χ4n) is 3.20. The van der Waals surface area contributed by atoms with Crippen molar-refractivity contribution in [1.82, 2.24) is 4.90 Å². The van der Waals surface area contributed by atoms with Gasteiger partial charge in [0.05, 0.1) is 23.9 Å². The number of ether oxygens (including phenoxy) is 2. The monoisotopic (exact) mass is 479 g/mol. The Morgan fingerprint density at radius 1 is 1.14 bits per heavy atom. The topological polar surface area (TPSA) is 38.8 Å². The highest BCUT2D eigenvalue weighted by Gasteiger charge is 2.37. The normalized spacial score (nSPS) is 16.5. The molecule has 1 aliphatic heterocycles. The van der Waals surface area contributed by atoms with Crippen LogP contribution in [0.3, 0.4) is 0 Å². The van der Waals surface area contributed by atoms with E-state index in [1.807, 2.05) is 30.3 Å². The highest BCUT2D eigenvalue weighted by molar-refractivity contribution is 9.10. The number of methoxy groups -OCH3 is 2. The van der Waals surface area contributed by atoms with Crippen LogP contribution < -0.4 is 9.47 Å². The maximum Gasteiger partial charge on any atom is 0.241 e. The summed E-state index contributed by atoms with van der Waals surface area (Å²) in [5.74, 6) is 1.49. The zero-order valence-electron chi connectivity index (χ0n) is 15.8. The fraction of sp³-hybridized carbons (Fsp3) is 0.333. The van der Waals surface area contributed by atoms with E-state index in [-0.39, 0.29) is 11.2 Å². The number of halogens is 1. The van der Waals surface area contributed by atoms with Crippen molar-refractivity contribution in [2.45, 2.75) is 24.5 Å². The number of hydrogen-bond acceptors (Lipinski definition) is 5. The van der Waals surface area contributed by atoms with Crippen molar-refractivity contribution < 1.29 is 14.3 Å². The molecule has 0 saturated carbocycles. The first kappa shape index (κ1) is 21.1. The van der Waals surface area contributed by atoms with Crippen LogP contribution in [-0.4, -0.2) is 41.1 Å². The number of amides is 1. The molecule has 7 heteroatoms. The predicted octanol–water partition coefficient (Wildman–Crippen LogP) is 4.87. The summed E-state index contributed by atoms with van der Waals surface area (Å²) in [7, 11) is 3.23. The zero-order chi connectivity index (χ0) is 20.1. The molecule has 1 heterocycles. The highest BCUT2D eigenvalue weighted by atomic mass is 79.9. The van der Waals surface area contributed by atoms with E-state index in [2.05, 4.69) is 28.1 Å². The van der Waals surface area contributed by atoms with E-state index in [0.717, 1.165) is 22.9 Å². The minimum atomic E-state index is -0.224. The van der Waals surface area contributed by atoms with Crippen molar-refractivity contribution in [3.63, 3.8) is 0 Å². The lowest BCUT2D eigenvalue weighted by Gasteiger charge is -2.16. The molecule has 2 aromatic carbocycles. The van der Waals surface area contributed by atoms with E-state index >= 15 is 0 Å². The number of rotatable bonds is 8. The third-order valence-electron chi connectivity index (χ3n) is 4.66. The minimum absolute atomic E-state index is 0.0806. The van der Waals surface area contributed by atoms with Crippen molar-refractivity contribution in [1.29, 1.82) is 0 Å². The van der Waals surface area contributed by atoms with E-state index in [1.165, 1.54) is 17.3 Å². The van der Waals surface area contributed by atoms with Gasteiger partial charge in [0.1, 0.15) is 15.8 Å². The quantitative estimate of drug-likeness (QED) is 0.504. The number of benzene rings is 2. The third-order valence-corrected chi connectivity index (χ3v) is 6.86. The van der Waals surface area contributed by atoms with E-state index in [1.54, 1.807) is 19.1 Å². The molecule has 28 heavy (non-hydrogen) atoms. The van der Waals surface area contributed by atoms with Gasteiger partial charge in [-0.2, -0.15) is 0 Å². The molecule has 0 radical (unpaired) electrons. The number of nitrogens with zero attached hydrogens (tertiary/aromatic N) is 1. The molecule has 2 aromatic rings. The van der Waals surface area contributed by atoms with Gasteiger partial charge < -0.3 is 9.47 Å². The molecule has 1 amide bonds. The van der Waals surface area contributed by atoms with E-state index < -0.39 is 0 Å². The van der Waals surface area contributed by atoms with Crippen molar-refractivity contribution >= 4 is 50.1 Å². The predicted molar refractivity (Wildman–Crippen MR) is 121 cm³/mol. The highest BCUT2D eigenvalue weighted by Crippen LogP contribution is 2.37. The number of carbonyl (C=O) groups excluding carboxylic acids is 1. The zero-order valence-corrected chi connectivity index (χ0v) is 19.0. The second kappa shape index (κ2) is 9.76. The van der Waals surface area contributed by atoms with E-state index in [0.29, 0.717) is 28.8 Å². The molecule has 0 unspecified atom stereocenters. The smallest absolute Gasteiger partial charge is 0.241 e. The van der Waals surface area contributed by atoms with Crippen LogP contribution in [0.2, 0.25) is 0 Å². The summed E-state index contributed by atoms with van der Waals surface area (Å²) in [4.78, 5) is 14.7. The summed E-state index contributed by atoms with van der Waals surface area (Å²) in [5, 5.41) is -0.224. The van der Waals surface area contributed by atoms with Crippen LogP contribution in [0.4, 0.5) is 0 Å². The van der Waals surface area contributed by atoms with Gasteiger partial charge in [0.25, 0.3) is 0 Å². The Balaban J connectivity index is 1.64. The maximum absolute atomic E-state index is 12.9. The van der Waals surface area contributed by atoms with Crippen molar-refractivity contribution in [2.75, 3.05) is 20.8 Å². The standard InChI is InChI=1S/C21H22BrNO3S2/c1-25-17-13-18(26-2)16(22)11-15(17)12-19-20(24)23(21(27)28-19)10-6-9-14-7-4-3-5-8-14/h3-5,7-8,11,13,19H,6,9-10,12H2,1-2H3/t19-/m0/s1. The molecule has 0 aromatic heterocycles. The molecule has 1 aliphatic rings. The molecule has 0 spiro atoms. The average Bonchev–Trinajstić information content (AvgIpc) is 2.96. The SMILES string of the molecule is COc1cc(OC)c(C[C@@H]2SC(=S)N(CCCc3ccccc3)C2=O)cc1Br. The molecule has 1 fully saturated rings. The first-order valence-corrected chi connectivity index (χ1v) is 11.1. The maximum atomic E-state index is 12.9. The Morgan fingerprint density at radius 2 is 1.86 bits per heavy atom. The molecule has 0 aliphatic carbocycles. The lowest BCUT2D eigenvalue weighted by Crippen LogP contribution is -2.33. The molecule has 4 nitrogen and oxygen atoms in total. The van der Waals surface area contributed by atoms with Crippen LogP contribution in [0.5, 0.6) is 11.5 Å². The number of thioether (sulfide) groups is 1.